The van der Waals surface area contributed by atoms with Crippen LogP contribution in [0.2, 0.25) is 0 Å². The number of rotatable bonds is 7. The third-order valence-electron chi connectivity index (χ3n) is 8.84. The summed E-state index contributed by atoms with van der Waals surface area (Å²) < 4.78 is 11.9. The summed E-state index contributed by atoms with van der Waals surface area (Å²) in [5.41, 5.74) is 0.0708. The molecule has 6 heteroatoms. The Labute approximate surface area is 189 Å². The number of nitrogens with zero attached hydrogens (tertiary/aromatic N) is 2. The van der Waals surface area contributed by atoms with Crippen molar-refractivity contribution < 1.29 is 14.3 Å². The van der Waals surface area contributed by atoms with Crippen LogP contribution in [0.4, 0.5) is 4.79 Å². The van der Waals surface area contributed by atoms with Crippen LogP contribution < -0.4 is 5.32 Å². The molecule has 1 atom stereocenters. The van der Waals surface area contributed by atoms with Gasteiger partial charge in [0.2, 0.25) is 0 Å². The first kappa shape index (κ1) is 23.3. The van der Waals surface area contributed by atoms with E-state index in [4.69, 9.17) is 9.47 Å². The number of carbonyl (C=O) groups is 1. The first-order valence-corrected chi connectivity index (χ1v) is 13.1. The van der Waals surface area contributed by atoms with Crippen LogP contribution in [-0.4, -0.2) is 79.5 Å². The highest BCUT2D eigenvalue weighted by molar-refractivity contribution is 5.69. The van der Waals surface area contributed by atoms with E-state index < -0.39 is 0 Å². The Kier molecular flexibility index (Phi) is 7.81. The molecule has 1 amide bonds. The van der Waals surface area contributed by atoms with Gasteiger partial charge in [0, 0.05) is 63.7 Å². The van der Waals surface area contributed by atoms with Crippen molar-refractivity contribution in [3.8, 4) is 0 Å². The Bertz CT molecular complexity index is 579. The molecule has 4 saturated heterocycles. The van der Waals surface area contributed by atoms with Gasteiger partial charge in [-0.1, -0.05) is 19.8 Å². The standard InChI is InChI=1S/C25H45N3O3/c1-3-4-5-22-20-27(15-6-21-7-18-30-19-8-21)23(29)31-25(22)11-16-28(17-12-25)24(2)9-13-26-14-10-24/h21-22,26H,3-20H2,1-2H3/t22-/m0/s1. The van der Waals surface area contributed by atoms with Crippen molar-refractivity contribution in [1.29, 1.82) is 0 Å². The van der Waals surface area contributed by atoms with Gasteiger partial charge in [0.05, 0.1) is 0 Å². The Morgan fingerprint density at radius 1 is 1.06 bits per heavy atom. The minimum Gasteiger partial charge on any atom is -0.442 e. The number of nitrogens with one attached hydrogen (secondary N) is 1. The summed E-state index contributed by atoms with van der Waals surface area (Å²) in [6.45, 7) is 12.6. The van der Waals surface area contributed by atoms with Gasteiger partial charge in [-0.25, -0.2) is 4.79 Å². The van der Waals surface area contributed by atoms with Crippen molar-refractivity contribution in [3.05, 3.63) is 0 Å². The lowest BCUT2D eigenvalue weighted by atomic mass is 9.74. The molecule has 4 fully saturated rings. The predicted molar refractivity (Wildman–Crippen MR) is 123 cm³/mol. The summed E-state index contributed by atoms with van der Waals surface area (Å²) in [6, 6.07) is 0. The average molecular weight is 436 g/mol. The van der Waals surface area contributed by atoms with E-state index in [0.717, 1.165) is 84.6 Å². The Morgan fingerprint density at radius 2 is 1.77 bits per heavy atom. The van der Waals surface area contributed by atoms with E-state index in [2.05, 4.69) is 24.1 Å². The van der Waals surface area contributed by atoms with E-state index >= 15 is 0 Å². The number of piperidine rings is 2. The third kappa shape index (κ3) is 5.39. The number of unbranched alkanes of at least 4 members (excludes halogenated alkanes) is 1. The highest BCUT2D eigenvalue weighted by Gasteiger charge is 2.51. The topological polar surface area (TPSA) is 54.0 Å². The Hall–Kier alpha value is -0.850. The second-order valence-corrected chi connectivity index (χ2v) is 10.8. The van der Waals surface area contributed by atoms with E-state index in [1.165, 1.54) is 32.1 Å². The molecule has 0 unspecified atom stereocenters. The van der Waals surface area contributed by atoms with Crippen molar-refractivity contribution >= 4 is 6.09 Å². The fourth-order valence-corrected chi connectivity index (χ4v) is 6.41. The van der Waals surface area contributed by atoms with Gasteiger partial charge >= 0.3 is 6.09 Å². The van der Waals surface area contributed by atoms with Gasteiger partial charge in [0.15, 0.2) is 0 Å². The van der Waals surface area contributed by atoms with E-state index in [1.807, 2.05) is 4.90 Å². The maximum atomic E-state index is 13.1. The Balaban J connectivity index is 1.37. The van der Waals surface area contributed by atoms with Crippen molar-refractivity contribution in [3.63, 3.8) is 0 Å². The lowest BCUT2D eigenvalue weighted by Crippen LogP contribution is -2.63. The molecule has 1 N–H and O–H groups in total. The third-order valence-corrected chi connectivity index (χ3v) is 8.84. The van der Waals surface area contributed by atoms with Crippen LogP contribution >= 0.6 is 0 Å². The van der Waals surface area contributed by atoms with E-state index in [-0.39, 0.29) is 11.7 Å². The van der Waals surface area contributed by atoms with Crippen molar-refractivity contribution in [1.82, 2.24) is 15.1 Å². The van der Waals surface area contributed by atoms with Crippen molar-refractivity contribution in [2.24, 2.45) is 11.8 Å². The van der Waals surface area contributed by atoms with Gasteiger partial charge in [-0.3, -0.25) is 4.90 Å². The van der Waals surface area contributed by atoms with Crippen molar-refractivity contribution in [2.75, 3.05) is 52.5 Å². The zero-order valence-electron chi connectivity index (χ0n) is 20.0. The number of hydrogen-bond donors (Lipinski definition) is 1. The fourth-order valence-electron chi connectivity index (χ4n) is 6.41. The van der Waals surface area contributed by atoms with Crippen LogP contribution in [-0.2, 0) is 9.47 Å². The molecule has 1 spiro atoms. The van der Waals surface area contributed by atoms with Crippen LogP contribution in [0, 0.1) is 11.8 Å². The Morgan fingerprint density at radius 3 is 2.45 bits per heavy atom. The number of ether oxygens (including phenoxy) is 2. The van der Waals surface area contributed by atoms with Gasteiger partial charge in [0.1, 0.15) is 5.60 Å². The molecule has 0 saturated carbocycles. The smallest absolute Gasteiger partial charge is 0.410 e. The van der Waals surface area contributed by atoms with Gasteiger partial charge in [0.25, 0.3) is 0 Å². The highest BCUT2D eigenvalue weighted by atomic mass is 16.6. The zero-order valence-corrected chi connectivity index (χ0v) is 20.0. The van der Waals surface area contributed by atoms with Gasteiger partial charge in [-0.2, -0.15) is 0 Å². The molecule has 0 aliphatic carbocycles. The van der Waals surface area contributed by atoms with E-state index in [1.54, 1.807) is 0 Å². The monoisotopic (exact) mass is 435 g/mol. The molecule has 31 heavy (non-hydrogen) atoms. The molecular weight excluding hydrogens is 390 g/mol. The van der Waals surface area contributed by atoms with Crippen LogP contribution in [0.1, 0.15) is 78.1 Å². The number of carbonyl (C=O) groups excluding carboxylic acids is 1. The number of amides is 1. The van der Waals surface area contributed by atoms with E-state index in [9.17, 15) is 4.79 Å². The van der Waals surface area contributed by atoms with Crippen LogP contribution in [0.25, 0.3) is 0 Å². The predicted octanol–water partition coefficient (Wildman–Crippen LogP) is 4.04. The molecule has 4 heterocycles. The second-order valence-electron chi connectivity index (χ2n) is 10.8. The molecule has 0 aromatic rings. The molecule has 178 valence electrons. The number of likely N-dealkylation sites (tertiary alicyclic amines) is 1. The van der Waals surface area contributed by atoms with Crippen molar-refractivity contribution in [2.45, 2.75) is 89.2 Å². The highest BCUT2D eigenvalue weighted by Crippen LogP contribution is 2.43. The molecule has 0 radical (unpaired) electrons. The lowest BCUT2D eigenvalue weighted by Gasteiger charge is -2.54. The van der Waals surface area contributed by atoms with Crippen LogP contribution in [0.5, 0.6) is 0 Å². The second kappa shape index (κ2) is 10.4. The summed E-state index contributed by atoms with van der Waals surface area (Å²) in [4.78, 5) is 17.8. The largest absolute Gasteiger partial charge is 0.442 e. The summed E-state index contributed by atoms with van der Waals surface area (Å²) in [6.07, 6.45) is 11.4. The molecule has 6 nitrogen and oxygen atoms in total. The van der Waals surface area contributed by atoms with E-state index in [0.29, 0.717) is 17.4 Å². The SMILES string of the molecule is CCCC[C@H]1CN(CCC2CCOCC2)C(=O)OC12CCN(C1(C)CCNCC1)CC2. The van der Waals surface area contributed by atoms with Crippen LogP contribution in [0.3, 0.4) is 0 Å². The molecule has 0 bridgehead atoms. The van der Waals surface area contributed by atoms with Gasteiger partial charge in [-0.15, -0.1) is 0 Å². The van der Waals surface area contributed by atoms with Gasteiger partial charge in [-0.05, 0) is 64.5 Å². The van der Waals surface area contributed by atoms with Gasteiger partial charge < -0.3 is 19.7 Å². The molecular formula is C25H45N3O3. The molecule has 4 aliphatic rings. The lowest BCUT2D eigenvalue weighted by molar-refractivity contribution is -0.132. The minimum absolute atomic E-state index is 0.0543. The first-order valence-electron chi connectivity index (χ1n) is 13.1. The molecule has 0 aromatic carbocycles. The molecule has 4 rings (SSSR count). The van der Waals surface area contributed by atoms with Crippen LogP contribution in [0.15, 0.2) is 0 Å². The summed E-state index contributed by atoms with van der Waals surface area (Å²) in [5.74, 6) is 1.17. The summed E-state index contributed by atoms with van der Waals surface area (Å²) in [5, 5.41) is 3.50. The molecule has 4 aliphatic heterocycles. The quantitative estimate of drug-likeness (QED) is 0.654. The summed E-state index contributed by atoms with van der Waals surface area (Å²) >= 11 is 0. The number of hydrogen-bond acceptors (Lipinski definition) is 5. The maximum Gasteiger partial charge on any atom is 0.410 e. The fraction of sp³-hybridized carbons (Fsp3) is 0.960. The minimum atomic E-state index is -0.235. The first-order chi connectivity index (χ1) is 15.0. The molecule has 0 aromatic heterocycles. The maximum absolute atomic E-state index is 13.1. The normalized spacial score (nSPS) is 29.8. The summed E-state index contributed by atoms with van der Waals surface area (Å²) in [7, 11) is 0. The zero-order chi connectivity index (χ0) is 21.7. The average Bonchev–Trinajstić information content (AvgIpc) is 2.79.